The number of nitrogens with zero attached hydrogens (tertiary/aromatic N) is 2. The van der Waals surface area contributed by atoms with Gasteiger partial charge in [0.25, 0.3) is 5.91 Å². The molecule has 0 saturated heterocycles. The molecule has 1 amide bonds. The Bertz CT molecular complexity index is 685. The number of aliphatic hydroxyl groups excluding tert-OH is 1. The number of hydrogen-bond donors (Lipinski definition) is 2. The molecule has 0 spiro atoms. The van der Waals surface area contributed by atoms with Crippen molar-refractivity contribution in [2.45, 2.75) is 13.3 Å². The minimum atomic E-state index is -0.317. The zero-order chi connectivity index (χ0) is 15.1. The van der Waals surface area contributed by atoms with Gasteiger partial charge in [0.1, 0.15) is 11.5 Å². The quantitative estimate of drug-likeness (QED) is 0.841. The van der Waals surface area contributed by atoms with Crippen molar-refractivity contribution in [3.8, 4) is 11.8 Å². The molecule has 2 aromatic heterocycles. The first-order valence-electron chi connectivity index (χ1n) is 6.50. The number of nitrogens with one attached hydrogen (secondary N) is 1. The van der Waals surface area contributed by atoms with Crippen molar-refractivity contribution in [1.82, 2.24) is 9.97 Å². The minimum absolute atomic E-state index is 0.0322. The Morgan fingerprint density at radius 3 is 2.86 bits per heavy atom. The van der Waals surface area contributed by atoms with E-state index in [0.717, 1.165) is 5.69 Å². The lowest BCUT2D eigenvalue weighted by molar-refractivity contribution is 0.102. The Balaban J connectivity index is 2.05. The van der Waals surface area contributed by atoms with Crippen molar-refractivity contribution in [2.24, 2.45) is 0 Å². The average molecular weight is 281 g/mol. The van der Waals surface area contributed by atoms with E-state index >= 15 is 0 Å². The number of anilines is 1. The first kappa shape index (κ1) is 14.7. The van der Waals surface area contributed by atoms with Crippen LogP contribution in [0.2, 0.25) is 0 Å². The lowest BCUT2D eigenvalue weighted by Crippen LogP contribution is -2.14. The van der Waals surface area contributed by atoms with Crippen molar-refractivity contribution < 1.29 is 9.90 Å². The predicted octanol–water partition coefficient (Wildman–Crippen LogP) is 1.77. The molecule has 21 heavy (non-hydrogen) atoms. The highest BCUT2D eigenvalue weighted by atomic mass is 16.2. The molecule has 0 saturated carbocycles. The Labute approximate surface area is 123 Å². The van der Waals surface area contributed by atoms with Crippen LogP contribution in [0.1, 0.15) is 28.2 Å². The van der Waals surface area contributed by atoms with Crippen molar-refractivity contribution in [1.29, 1.82) is 0 Å². The van der Waals surface area contributed by atoms with Gasteiger partial charge in [0, 0.05) is 23.9 Å². The van der Waals surface area contributed by atoms with Gasteiger partial charge in [-0.25, -0.2) is 9.97 Å². The second kappa shape index (κ2) is 7.17. The van der Waals surface area contributed by atoms with E-state index < -0.39 is 0 Å². The molecular formula is C16H15N3O2. The summed E-state index contributed by atoms with van der Waals surface area (Å²) in [4.78, 5) is 20.3. The van der Waals surface area contributed by atoms with Crippen molar-refractivity contribution in [3.63, 3.8) is 0 Å². The van der Waals surface area contributed by atoms with Gasteiger partial charge in [-0.1, -0.05) is 17.9 Å². The molecule has 0 aliphatic carbocycles. The summed E-state index contributed by atoms with van der Waals surface area (Å²) in [7, 11) is 0. The Morgan fingerprint density at radius 1 is 1.33 bits per heavy atom. The third-order valence-corrected chi connectivity index (χ3v) is 2.60. The zero-order valence-corrected chi connectivity index (χ0v) is 11.6. The lowest BCUT2D eigenvalue weighted by atomic mass is 10.2. The molecule has 0 aromatic carbocycles. The van der Waals surface area contributed by atoms with Gasteiger partial charge in [-0.15, -0.1) is 0 Å². The van der Waals surface area contributed by atoms with Crippen molar-refractivity contribution in [2.75, 3.05) is 11.9 Å². The molecule has 0 fully saturated rings. The highest BCUT2D eigenvalue weighted by molar-refractivity contribution is 6.02. The summed E-state index contributed by atoms with van der Waals surface area (Å²) >= 11 is 0. The summed E-state index contributed by atoms with van der Waals surface area (Å²) in [5.74, 6) is 5.83. The number of aryl methyl sites for hydroxylation is 1. The lowest BCUT2D eigenvalue weighted by Gasteiger charge is -2.04. The van der Waals surface area contributed by atoms with Crippen LogP contribution in [0.15, 0.2) is 36.5 Å². The van der Waals surface area contributed by atoms with Crippen molar-refractivity contribution >= 4 is 11.7 Å². The van der Waals surface area contributed by atoms with Gasteiger partial charge in [0.2, 0.25) is 0 Å². The number of rotatable bonds is 3. The number of aromatic nitrogens is 2. The van der Waals surface area contributed by atoms with Crippen LogP contribution in [0.25, 0.3) is 0 Å². The molecular weight excluding hydrogens is 266 g/mol. The molecule has 0 radical (unpaired) electrons. The van der Waals surface area contributed by atoms with Crippen molar-refractivity contribution in [3.05, 3.63) is 53.5 Å². The summed E-state index contributed by atoms with van der Waals surface area (Å²) in [5.41, 5.74) is 1.83. The monoisotopic (exact) mass is 281 g/mol. The van der Waals surface area contributed by atoms with Crippen LogP contribution in [0.3, 0.4) is 0 Å². The van der Waals surface area contributed by atoms with Gasteiger partial charge in [0.15, 0.2) is 0 Å². The molecule has 2 rings (SSSR count). The van der Waals surface area contributed by atoms with Gasteiger partial charge < -0.3 is 10.4 Å². The molecule has 2 N–H and O–H groups in total. The van der Waals surface area contributed by atoms with Crippen LogP contribution in [0, 0.1) is 18.8 Å². The minimum Gasteiger partial charge on any atom is -0.395 e. The molecule has 5 nitrogen and oxygen atoms in total. The second-order valence-corrected chi connectivity index (χ2v) is 4.33. The fraction of sp³-hybridized carbons (Fsp3) is 0.188. The molecule has 5 heteroatoms. The Hall–Kier alpha value is -2.71. The van der Waals surface area contributed by atoms with Crippen LogP contribution < -0.4 is 5.32 Å². The van der Waals surface area contributed by atoms with Crippen LogP contribution in [0.4, 0.5) is 5.82 Å². The number of carbonyl (C=O) groups is 1. The second-order valence-electron chi connectivity index (χ2n) is 4.33. The zero-order valence-electron chi connectivity index (χ0n) is 11.6. The van der Waals surface area contributed by atoms with Crippen LogP contribution >= 0.6 is 0 Å². The molecule has 0 unspecified atom stereocenters. The maximum atomic E-state index is 12.0. The summed E-state index contributed by atoms with van der Waals surface area (Å²) in [6.07, 6.45) is 1.95. The highest BCUT2D eigenvalue weighted by Crippen LogP contribution is 2.06. The fourth-order valence-electron chi connectivity index (χ4n) is 1.62. The molecule has 0 atom stereocenters. The van der Waals surface area contributed by atoms with Crippen LogP contribution in [0.5, 0.6) is 0 Å². The fourth-order valence-corrected chi connectivity index (χ4v) is 1.62. The summed E-state index contributed by atoms with van der Waals surface area (Å²) < 4.78 is 0. The topological polar surface area (TPSA) is 75.1 Å². The smallest absolute Gasteiger partial charge is 0.275 e. The largest absolute Gasteiger partial charge is 0.395 e. The molecule has 0 bridgehead atoms. The van der Waals surface area contributed by atoms with E-state index in [1.807, 2.05) is 19.1 Å². The Morgan fingerprint density at radius 2 is 2.19 bits per heavy atom. The van der Waals surface area contributed by atoms with E-state index in [4.69, 9.17) is 5.11 Å². The normalized spacial score (nSPS) is 9.62. The third-order valence-electron chi connectivity index (χ3n) is 2.60. The van der Waals surface area contributed by atoms with Crippen LogP contribution in [-0.2, 0) is 0 Å². The summed E-state index contributed by atoms with van der Waals surface area (Å²) in [6.45, 7) is 1.89. The van der Waals surface area contributed by atoms with Gasteiger partial charge in [-0.3, -0.25) is 4.79 Å². The number of carbonyl (C=O) groups excluding carboxylic acids is 1. The van der Waals surface area contributed by atoms with Gasteiger partial charge >= 0.3 is 0 Å². The first-order chi connectivity index (χ1) is 10.2. The summed E-state index contributed by atoms with van der Waals surface area (Å²) in [6, 6.07) is 8.72. The first-order valence-corrected chi connectivity index (χ1v) is 6.50. The van der Waals surface area contributed by atoms with Gasteiger partial charge in [-0.05, 0) is 31.2 Å². The van der Waals surface area contributed by atoms with E-state index in [2.05, 4.69) is 27.1 Å². The van der Waals surface area contributed by atoms with Crippen LogP contribution in [-0.4, -0.2) is 27.6 Å². The highest BCUT2D eigenvalue weighted by Gasteiger charge is 2.07. The maximum absolute atomic E-state index is 12.0. The molecule has 106 valence electrons. The molecule has 2 heterocycles. The van der Waals surface area contributed by atoms with E-state index in [1.54, 1.807) is 18.2 Å². The molecule has 0 aliphatic heterocycles. The van der Waals surface area contributed by atoms with Gasteiger partial charge in [0.05, 0.1) is 6.61 Å². The number of amides is 1. The number of pyridine rings is 2. The molecule has 2 aromatic rings. The standard InChI is InChI=1S/C16H15N3O2/c1-12-5-4-7-15(18-12)19-16(21)14-9-8-13(11-17-14)6-2-3-10-20/h4-5,7-9,11,20H,3,10H2,1H3,(H,18,19,21). The van der Waals surface area contributed by atoms with E-state index in [0.29, 0.717) is 23.5 Å². The van der Waals surface area contributed by atoms with E-state index in [9.17, 15) is 4.79 Å². The Kier molecular flexibility index (Phi) is 5.02. The third kappa shape index (κ3) is 4.41. The molecule has 0 aliphatic rings. The SMILES string of the molecule is Cc1cccc(NC(=O)c2ccc(C#CCCO)cn2)n1. The number of hydrogen-bond acceptors (Lipinski definition) is 4. The average Bonchev–Trinajstić information content (AvgIpc) is 2.48. The maximum Gasteiger partial charge on any atom is 0.275 e. The summed E-state index contributed by atoms with van der Waals surface area (Å²) in [5, 5.41) is 11.3. The predicted molar refractivity (Wildman–Crippen MR) is 79.7 cm³/mol. The van der Waals surface area contributed by atoms with E-state index in [1.165, 1.54) is 6.20 Å². The van der Waals surface area contributed by atoms with E-state index in [-0.39, 0.29) is 12.5 Å². The number of aliphatic hydroxyl groups is 1. The van der Waals surface area contributed by atoms with Gasteiger partial charge in [-0.2, -0.15) is 0 Å².